The number of thioether (sulfide) groups is 1. The van der Waals surface area contributed by atoms with Gasteiger partial charge in [-0.1, -0.05) is 25.1 Å². The Labute approximate surface area is 115 Å². The molecule has 1 unspecified atom stereocenters. The molecular formula is C13H16F2O3S. The molecule has 0 aromatic heterocycles. The minimum absolute atomic E-state index is 0.177. The Bertz CT molecular complexity index is 413. The molecule has 0 spiro atoms. The summed E-state index contributed by atoms with van der Waals surface area (Å²) in [6.45, 7) is -1.07. The first-order valence-corrected chi connectivity index (χ1v) is 6.88. The Morgan fingerprint density at radius 2 is 2.05 bits per heavy atom. The van der Waals surface area contributed by atoms with Crippen molar-refractivity contribution in [3.63, 3.8) is 0 Å². The van der Waals surface area contributed by atoms with Gasteiger partial charge in [-0.05, 0) is 6.07 Å². The zero-order valence-corrected chi connectivity index (χ0v) is 11.6. The maximum absolute atomic E-state index is 12.2. The van der Waals surface area contributed by atoms with Gasteiger partial charge in [-0.2, -0.15) is 20.5 Å². The number of para-hydroxylation sites is 1. The summed E-state index contributed by atoms with van der Waals surface area (Å²) in [7, 11) is 1.34. The Morgan fingerprint density at radius 3 is 2.68 bits per heavy atom. The summed E-state index contributed by atoms with van der Waals surface area (Å²) < 4.78 is 33.5. The fourth-order valence-corrected chi connectivity index (χ4v) is 2.51. The van der Waals surface area contributed by atoms with Crippen LogP contribution in [0.3, 0.4) is 0 Å². The van der Waals surface area contributed by atoms with Crippen LogP contribution in [0.4, 0.5) is 8.78 Å². The number of ether oxygens (including phenoxy) is 2. The minimum atomic E-state index is -2.83. The van der Waals surface area contributed by atoms with Crippen LogP contribution in [0.25, 0.3) is 0 Å². The van der Waals surface area contributed by atoms with E-state index < -0.39 is 6.61 Å². The van der Waals surface area contributed by atoms with Crippen molar-refractivity contribution in [3.8, 4) is 5.75 Å². The molecule has 19 heavy (non-hydrogen) atoms. The highest BCUT2D eigenvalue weighted by molar-refractivity contribution is 7.98. The maximum Gasteiger partial charge on any atom is 0.387 e. The van der Waals surface area contributed by atoms with Crippen LogP contribution in [0.2, 0.25) is 0 Å². The predicted molar refractivity (Wildman–Crippen MR) is 70.4 cm³/mol. The van der Waals surface area contributed by atoms with E-state index in [1.807, 2.05) is 0 Å². The third-order valence-electron chi connectivity index (χ3n) is 2.42. The van der Waals surface area contributed by atoms with Crippen LogP contribution in [-0.4, -0.2) is 25.4 Å². The second-order valence-electron chi connectivity index (χ2n) is 3.93. The van der Waals surface area contributed by atoms with Crippen molar-refractivity contribution in [2.24, 2.45) is 5.92 Å². The summed E-state index contributed by atoms with van der Waals surface area (Å²) in [4.78, 5) is 11.2. The van der Waals surface area contributed by atoms with Crippen molar-refractivity contribution in [2.45, 2.75) is 19.3 Å². The van der Waals surface area contributed by atoms with Crippen LogP contribution in [0.15, 0.2) is 24.3 Å². The van der Waals surface area contributed by atoms with Crippen molar-refractivity contribution in [3.05, 3.63) is 29.8 Å². The highest BCUT2D eigenvalue weighted by Crippen LogP contribution is 2.25. The fraction of sp³-hybridized carbons (Fsp3) is 0.462. The smallest absolute Gasteiger partial charge is 0.387 e. The number of methoxy groups -OCH3 is 1. The molecule has 106 valence electrons. The van der Waals surface area contributed by atoms with Crippen molar-refractivity contribution < 1.29 is 23.0 Å². The first-order chi connectivity index (χ1) is 9.04. The van der Waals surface area contributed by atoms with Gasteiger partial charge in [0.15, 0.2) is 0 Å². The predicted octanol–water partition coefficient (Wildman–Crippen LogP) is 3.33. The molecule has 0 saturated heterocycles. The summed E-state index contributed by atoms with van der Waals surface area (Å²) in [5.41, 5.74) is 0.685. The average molecular weight is 290 g/mol. The number of carbonyl (C=O) groups excluding carboxylic acids is 1. The first-order valence-electron chi connectivity index (χ1n) is 5.73. The Kier molecular flexibility index (Phi) is 6.62. The molecule has 6 heteroatoms. The number of esters is 1. The van der Waals surface area contributed by atoms with E-state index in [0.717, 1.165) is 0 Å². The van der Waals surface area contributed by atoms with Gasteiger partial charge in [0.05, 0.1) is 13.0 Å². The van der Waals surface area contributed by atoms with Crippen molar-refractivity contribution in [2.75, 3.05) is 12.9 Å². The average Bonchev–Trinajstić information content (AvgIpc) is 2.39. The lowest BCUT2D eigenvalue weighted by molar-refractivity contribution is -0.144. The fourth-order valence-electron chi connectivity index (χ4n) is 1.45. The van der Waals surface area contributed by atoms with Crippen LogP contribution in [0.5, 0.6) is 5.75 Å². The van der Waals surface area contributed by atoms with Crippen molar-refractivity contribution >= 4 is 17.7 Å². The molecule has 0 aliphatic carbocycles. The van der Waals surface area contributed by atoms with Crippen LogP contribution in [-0.2, 0) is 15.3 Å². The van der Waals surface area contributed by atoms with Crippen molar-refractivity contribution in [1.82, 2.24) is 0 Å². The largest absolute Gasteiger partial charge is 0.469 e. The lowest BCUT2D eigenvalue weighted by Crippen LogP contribution is -2.15. The van der Waals surface area contributed by atoms with Gasteiger partial charge in [0.2, 0.25) is 0 Å². The molecule has 1 atom stereocenters. The Hall–Kier alpha value is -1.30. The van der Waals surface area contributed by atoms with E-state index in [0.29, 0.717) is 17.1 Å². The van der Waals surface area contributed by atoms with E-state index in [9.17, 15) is 13.6 Å². The van der Waals surface area contributed by atoms with Gasteiger partial charge in [-0.25, -0.2) is 0 Å². The monoisotopic (exact) mass is 290 g/mol. The number of carbonyl (C=O) groups is 1. The molecule has 0 aliphatic rings. The third-order valence-corrected chi connectivity index (χ3v) is 3.67. The lowest BCUT2D eigenvalue weighted by atomic mass is 10.2. The van der Waals surface area contributed by atoms with Crippen LogP contribution in [0.1, 0.15) is 12.5 Å². The number of benzene rings is 1. The first kappa shape index (κ1) is 15.8. The highest BCUT2D eigenvalue weighted by Gasteiger charge is 2.14. The van der Waals surface area contributed by atoms with Crippen molar-refractivity contribution in [1.29, 1.82) is 0 Å². The molecule has 0 N–H and O–H groups in total. The van der Waals surface area contributed by atoms with Gasteiger partial charge in [-0.15, -0.1) is 0 Å². The zero-order chi connectivity index (χ0) is 14.3. The Balaban J connectivity index is 2.51. The van der Waals surface area contributed by atoms with E-state index in [4.69, 9.17) is 0 Å². The number of hydrogen-bond donors (Lipinski definition) is 0. The van der Waals surface area contributed by atoms with Gasteiger partial charge in [0.1, 0.15) is 5.75 Å². The molecule has 0 fully saturated rings. The summed E-state index contributed by atoms with van der Waals surface area (Å²) in [6.07, 6.45) is 0. The summed E-state index contributed by atoms with van der Waals surface area (Å²) in [6, 6.07) is 6.64. The number of hydrogen-bond acceptors (Lipinski definition) is 4. The standard InChI is InChI=1S/C13H16F2O3S/c1-9(12(16)17-2)7-19-8-10-5-3-4-6-11(10)18-13(14)15/h3-6,9,13H,7-8H2,1-2H3. The SMILES string of the molecule is COC(=O)C(C)CSCc1ccccc1OC(F)F. The molecule has 1 aromatic rings. The molecule has 0 saturated carbocycles. The maximum atomic E-state index is 12.2. The summed E-state index contributed by atoms with van der Waals surface area (Å²) in [5, 5.41) is 0. The topological polar surface area (TPSA) is 35.5 Å². The highest BCUT2D eigenvalue weighted by atomic mass is 32.2. The van der Waals surface area contributed by atoms with Crippen LogP contribution < -0.4 is 4.74 Å². The van der Waals surface area contributed by atoms with Crippen LogP contribution in [0, 0.1) is 5.92 Å². The Morgan fingerprint density at radius 1 is 1.37 bits per heavy atom. The van der Waals surface area contributed by atoms with E-state index in [2.05, 4.69) is 9.47 Å². The second-order valence-corrected chi connectivity index (χ2v) is 4.96. The van der Waals surface area contributed by atoms with Gasteiger partial charge in [0, 0.05) is 17.1 Å². The molecule has 3 nitrogen and oxygen atoms in total. The molecule has 0 heterocycles. The molecule has 0 bridgehead atoms. The molecule has 1 rings (SSSR count). The van der Waals surface area contributed by atoms with Crippen LogP contribution >= 0.6 is 11.8 Å². The zero-order valence-electron chi connectivity index (χ0n) is 10.8. The van der Waals surface area contributed by atoms with Gasteiger partial charge < -0.3 is 9.47 Å². The second kappa shape index (κ2) is 7.99. The number of alkyl halides is 2. The van der Waals surface area contributed by atoms with Gasteiger partial charge >= 0.3 is 12.6 Å². The van der Waals surface area contributed by atoms with E-state index in [-0.39, 0.29) is 17.6 Å². The molecule has 1 aromatic carbocycles. The molecule has 0 amide bonds. The minimum Gasteiger partial charge on any atom is -0.469 e. The van der Waals surface area contributed by atoms with Gasteiger partial charge in [0.25, 0.3) is 0 Å². The van der Waals surface area contributed by atoms with E-state index in [1.54, 1.807) is 25.1 Å². The third kappa shape index (κ3) is 5.46. The molecule has 0 radical (unpaired) electrons. The molecular weight excluding hydrogens is 274 g/mol. The van der Waals surface area contributed by atoms with Gasteiger partial charge in [-0.3, -0.25) is 4.79 Å². The molecule has 0 aliphatic heterocycles. The quantitative estimate of drug-likeness (QED) is 0.722. The van der Waals surface area contributed by atoms with E-state index in [1.165, 1.54) is 24.9 Å². The summed E-state index contributed by atoms with van der Waals surface area (Å²) >= 11 is 1.47. The number of halogens is 2. The normalized spacial score (nSPS) is 12.3. The number of rotatable bonds is 7. The lowest BCUT2D eigenvalue weighted by Gasteiger charge is -2.11. The van der Waals surface area contributed by atoms with E-state index >= 15 is 0 Å². The summed E-state index contributed by atoms with van der Waals surface area (Å²) in [5.74, 6) is 0.749.